The zero-order chi connectivity index (χ0) is 21.9. The van der Waals surface area contributed by atoms with Crippen LogP contribution in [0.5, 0.6) is 5.75 Å². The van der Waals surface area contributed by atoms with Gasteiger partial charge >= 0.3 is 0 Å². The first kappa shape index (κ1) is 22.3. The van der Waals surface area contributed by atoms with Crippen molar-refractivity contribution in [2.45, 2.75) is 57.6 Å². The van der Waals surface area contributed by atoms with E-state index in [9.17, 15) is 13.2 Å². The quantitative estimate of drug-likeness (QED) is 0.759. The molecule has 0 spiro atoms. The van der Waals surface area contributed by atoms with Gasteiger partial charge in [-0.25, -0.2) is 8.42 Å². The Morgan fingerprint density at radius 1 is 1.07 bits per heavy atom. The number of piperidine rings is 1. The number of sulfonamides is 1. The van der Waals surface area contributed by atoms with E-state index < -0.39 is 10.0 Å². The highest BCUT2D eigenvalue weighted by Crippen LogP contribution is 2.26. The fourth-order valence-electron chi connectivity index (χ4n) is 3.65. The Kier molecular flexibility index (Phi) is 6.83. The van der Waals surface area contributed by atoms with Gasteiger partial charge in [0.15, 0.2) is 0 Å². The summed E-state index contributed by atoms with van der Waals surface area (Å²) in [5, 5.41) is 3.05. The van der Waals surface area contributed by atoms with Crippen LogP contribution in [0.3, 0.4) is 0 Å². The molecule has 0 aromatic heterocycles. The lowest BCUT2D eigenvalue weighted by molar-refractivity contribution is 0.0923. The Bertz CT molecular complexity index is 1010. The van der Waals surface area contributed by atoms with Gasteiger partial charge in [-0.2, -0.15) is 4.31 Å². The fourth-order valence-corrected chi connectivity index (χ4v) is 5.20. The lowest BCUT2D eigenvalue weighted by Gasteiger charge is -2.31. The molecular formula is C23H30N2O4S. The highest BCUT2D eigenvalue weighted by molar-refractivity contribution is 7.89. The summed E-state index contributed by atoms with van der Waals surface area (Å²) in [6.07, 6.45) is 1.20. The number of hydrogen-bond acceptors (Lipinski definition) is 4. The molecule has 0 unspecified atom stereocenters. The second-order valence-corrected chi connectivity index (χ2v) is 10.00. The molecule has 7 heteroatoms. The van der Waals surface area contributed by atoms with E-state index in [0.29, 0.717) is 37.2 Å². The average Bonchev–Trinajstić information content (AvgIpc) is 2.70. The number of carbonyl (C=O) groups is 1. The van der Waals surface area contributed by atoms with Crippen LogP contribution in [0, 0.1) is 13.8 Å². The summed E-state index contributed by atoms with van der Waals surface area (Å²) in [4.78, 5) is 12.8. The topological polar surface area (TPSA) is 75.7 Å². The molecule has 3 rings (SSSR count). The summed E-state index contributed by atoms with van der Waals surface area (Å²) in [7, 11) is -3.58. The van der Waals surface area contributed by atoms with E-state index in [1.807, 2.05) is 45.9 Å². The number of rotatable bonds is 6. The molecule has 1 fully saturated rings. The van der Waals surface area contributed by atoms with Gasteiger partial charge in [0.1, 0.15) is 5.75 Å². The third-order valence-corrected chi connectivity index (χ3v) is 7.22. The van der Waals surface area contributed by atoms with Crippen LogP contribution in [0.1, 0.15) is 48.2 Å². The molecule has 0 saturated carbocycles. The first-order valence-electron chi connectivity index (χ1n) is 10.3. The molecule has 0 bridgehead atoms. The highest BCUT2D eigenvalue weighted by Gasteiger charge is 2.30. The number of carbonyl (C=O) groups excluding carboxylic acids is 1. The Morgan fingerprint density at radius 2 is 1.73 bits per heavy atom. The van der Waals surface area contributed by atoms with Gasteiger partial charge in [-0.1, -0.05) is 18.2 Å². The van der Waals surface area contributed by atoms with Crippen LogP contribution < -0.4 is 10.1 Å². The summed E-state index contributed by atoms with van der Waals surface area (Å²) in [5.41, 5.74) is 2.38. The molecule has 1 N–H and O–H groups in total. The van der Waals surface area contributed by atoms with Gasteiger partial charge in [0.2, 0.25) is 10.0 Å². The number of aryl methyl sites for hydroxylation is 2. The normalized spacial score (nSPS) is 15.9. The Morgan fingerprint density at radius 3 is 2.33 bits per heavy atom. The Hall–Kier alpha value is -2.38. The van der Waals surface area contributed by atoms with Gasteiger partial charge in [-0.15, -0.1) is 0 Å². The summed E-state index contributed by atoms with van der Waals surface area (Å²) in [6, 6.07) is 12.4. The Labute approximate surface area is 179 Å². The molecule has 30 heavy (non-hydrogen) atoms. The maximum absolute atomic E-state index is 13.1. The number of ether oxygens (including phenoxy) is 1. The van der Waals surface area contributed by atoms with Crippen molar-refractivity contribution in [3.05, 3.63) is 59.2 Å². The van der Waals surface area contributed by atoms with Crippen LogP contribution in [0.4, 0.5) is 0 Å². The summed E-state index contributed by atoms with van der Waals surface area (Å²) < 4.78 is 33.3. The largest absolute Gasteiger partial charge is 0.491 e. The number of hydrogen-bond donors (Lipinski definition) is 1. The van der Waals surface area contributed by atoms with Crippen molar-refractivity contribution in [3.63, 3.8) is 0 Å². The molecule has 2 aromatic carbocycles. The van der Waals surface area contributed by atoms with Crippen molar-refractivity contribution in [2.75, 3.05) is 13.1 Å². The van der Waals surface area contributed by atoms with E-state index in [1.54, 1.807) is 24.3 Å². The lowest BCUT2D eigenvalue weighted by Crippen LogP contribution is -2.46. The number of nitrogens with zero attached hydrogens (tertiary/aromatic N) is 1. The second-order valence-electron chi connectivity index (χ2n) is 8.06. The summed E-state index contributed by atoms with van der Waals surface area (Å²) >= 11 is 0. The first-order chi connectivity index (χ1) is 14.2. The molecule has 6 nitrogen and oxygen atoms in total. The standard InChI is InChI=1S/C23H30N2O4S/c1-16(2)29-22-10-9-20(15-18(22)4)30(27,28)25-13-11-19(12-14-25)24-23(26)21-8-6-5-7-17(21)3/h5-10,15-16,19H,11-14H2,1-4H3,(H,24,26). The second kappa shape index (κ2) is 9.18. The van der Waals surface area contributed by atoms with E-state index in [-0.39, 0.29) is 22.9 Å². The number of nitrogens with one attached hydrogen (secondary N) is 1. The molecule has 1 aliphatic heterocycles. The van der Waals surface area contributed by atoms with Gasteiger partial charge in [-0.05, 0) is 75.9 Å². The van der Waals surface area contributed by atoms with Crippen molar-refractivity contribution in [2.24, 2.45) is 0 Å². The zero-order valence-corrected chi connectivity index (χ0v) is 18.8. The fraction of sp³-hybridized carbons (Fsp3) is 0.435. The van der Waals surface area contributed by atoms with Crippen molar-refractivity contribution in [3.8, 4) is 5.75 Å². The first-order valence-corrected chi connectivity index (χ1v) is 11.8. The van der Waals surface area contributed by atoms with Crippen LogP contribution in [0.15, 0.2) is 47.4 Å². The summed E-state index contributed by atoms with van der Waals surface area (Å²) in [6.45, 7) is 8.39. The van der Waals surface area contributed by atoms with Gasteiger partial charge in [0, 0.05) is 24.7 Å². The zero-order valence-electron chi connectivity index (χ0n) is 18.0. The number of benzene rings is 2. The van der Waals surface area contributed by atoms with E-state index in [0.717, 1.165) is 11.1 Å². The van der Waals surface area contributed by atoms with E-state index in [4.69, 9.17) is 4.74 Å². The molecule has 1 amide bonds. The van der Waals surface area contributed by atoms with Crippen molar-refractivity contribution in [1.29, 1.82) is 0 Å². The molecule has 0 radical (unpaired) electrons. The van der Waals surface area contributed by atoms with Gasteiger partial charge in [0.05, 0.1) is 11.0 Å². The predicted octanol–water partition coefficient (Wildman–Crippen LogP) is 3.67. The van der Waals surface area contributed by atoms with E-state index in [1.165, 1.54) is 4.31 Å². The minimum absolute atomic E-state index is 0.0278. The maximum atomic E-state index is 13.1. The van der Waals surface area contributed by atoms with E-state index >= 15 is 0 Å². The SMILES string of the molecule is Cc1cc(S(=O)(=O)N2CCC(NC(=O)c3ccccc3C)CC2)ccc1OC(C)C. The highest BCUT2D eigenvalue weighted by atomic mass is 32.2. The molecular weight excluding hydrogens is 400 g/mol. The average molecular weight is 431 g/mol. The molecule has 1 saturated heterocycles. The van der Waals surface area contributed by atoms with Crippen molar-refractivity contribution >= 4 is 15.9 Å². The minimum Gasteiger partial charge on any atom is -0.491 e. The smallest absolute Gasteiger partial charge is 0.251 e. The van der Waals surface area contributed by atoms with Crippen molar-refractivity contribution in [1.82, 2.24) is 9.62 Å². The van der Waals surface area contributed by atoms with Crippen LogP contribution in [0.25, 0.3) is 0 Å². The lowest BCUT2D eigenvalue weighted by atomic mass is 10.0. The van der Waals surface area contributed by atoms with Gasteiger partial charge < -0.3 is 10.1 Å². The summed E-state index contributed by atoms with van der Waals surface area (Å²) in [5.74, 6) is 0.590. The molecule has 2 aromatic rings. The third-order valence-electron chi connectivity index (χ3n) is 5.33. The maximum Gasteiger partial charge on any atom is 0.251 e. The predicted molar refractivity (Wildman–Crippen MR) is 117 cm³/mol. The van der Waals surface area contributed by atoms with Crippen LogP contribution in [0.2, 0.25) is 0 Å². The third kappa shape index (κ3) is 5.02. The van der Waals surface area contributed by atoms with Gasteiger partial charge in [-0.3, -0.25) is 4.79 Å². The minimum atomic E-state index is -3.58. The van der Waals surface area contributed by atoms with Crippen LogP contribution in [-0.2, 0) is 10.0 Å². The molecule has 0 aliphatic carbocycles. The van der Waals surface area contributed by atoms with Crippen LogP contribution >= 0.6 is 0 Å². The monoisotopic (exact) mass is 430 g/mol. The Balaban J connectivity index is 1.63. The molecule has 0 atom stereocenters. The molecule has 1 heterocycles. The van der Waals surface area contributed by atoms with Gasteiger partial charge in [0.25, 0.3) is 5.91 Å². The van der Waals surface area contributed by atoms with Crippen LogP contribution in [-0.4, -0.2) is 43.9 Å². The molecule has 1 aliphatic rings. The molecule has 162 valence electrons. The number of amides is 1. The van der Waals surface area contributed by atoms with Crippen molar-refractivity contribution < 1.29 is 17.9 Å². The van der Waals surface area contributed by atoms with E-state index in [2.05, 4.69) is 5.32 Å².